The van der Waals surface area contributed by atoms with Crippen molar-refractivity contribution in [2.75, 3.05) is 12.4 Å². The van der Waals surface area contributed by atoms with Gasteiger partial charge in [-0.3, -0.25) is 10.1 Å². The lowest BCUT2D eigenvalue weighted by atomic mass is 10.1. The number of rotatable bonds is 7. The number of benzene rings is 2. The molecule has 0 heterocycles. The first kappa shape index (κ1) is 22.3. The van der Waals surface area contributed by atoms with E-state index in [9.17, 15) is 9.59 Å². The number of hydrogen-bond acceptors (Lipinski definition) is 4. The van der Waals surface area contributed by atoms with Gasteiger partial charge in [0.2, 0.25) is 0 Å². The van der Waals surface area contributed by atoms with Gasteiger partial charge < -0.3 is 14.8 Å². The van der Waals surface area contributed by atoms with Gasteiger partial charge in [-0.2, -0.15) is 0 Å². The summed E-state index contributed by atoms with van der Waals surface area (Å²) >= 11 is 0. The van der Waals surface area contributed by atoms with Crippen LogP contribution in [0, 0.1) is 0 Å². The molecule has 2 rings (SSSR count). The van der Waals surface area contributed by atoms with Gasteiger partial charge in [0, 0.05) is 17.3 Å². The Morgan fingerprint density at radius 1 is 1.07 bits per heavy atom. The van der Waals surface area contributed by atoms with E-state index >= 15 is 0 Å². The van der Waals surface area contributed by atoms with Crippen molar-refractivity contribution in [3.63, 3.8) is 0 Å². The largest absolute Gasteiger partial charge is 0.497 e. The van der Waals surface area contributed by atoms with Gasteiger partial charge in [-0.05, 0) is 76.4 Å². The maximum Gasteiger partial charge on any atom is 0.412 e. The SMILES string of the molecule is COc1ccc(CCC(C)NC(=O)c2cccc(NC(=O)OC(C)(C)C)c2)cc1. The van der Waals surface area contributed by atoms with E-state index < -0.39 is 11.7 Å². The average molecular weight is 399 g/mol. The zero-order chi connectivity index (χ0) is 21.4. The molecule has 6 nitrogen and oxygen atoms in total. The summed E-state index contributed by atoms with van der Waals surface area (Å²) in [4.78, 5) is 24.5. The van der Waals surface area contributed by atoms with Crippen LogP contribution in [0.15, 0.2) is 48.5 Å². The summed E-state index contributed by atoms with van der Waals surface area (Å²) in [5.41, 5.74) is 1.60. The van der Waals surface area contributed by atoms with E-state index in [0.717, 1.165) is 18.6 Å². The van der Waals surface area contributed by atoms with Gasteiger partial charge in [-0.1, -0.05) is 18.2 Å². The lowest BCUT2D eigenvalue weighted by molar-refractivity contribution is 0.0635. The van der Waals surface area contributed by atoms with Gasteiger partial charge in [0.25, 0.3) is 5.91 Å². The highest BCUT2D eigenvalue weighted by Gasteiger charge is 2.17. The van der Waals surface area contributed by atoms with Crippen molar-refractivity contribution in [2.45, 2.75) is 52.2 Å². The summed E-state index contributed by atoms with van der Waals surface area (Å²) in [5, 5.41) is 5.65. The highest BCUT2D eigenvalue weighted by molar-refractivity contribution is 5.96. The second kappa shape index (κ2) is 9.96. The van der Waals surface area contributed by atoms with Crippen LogP contribution < -0.4 is 15.4 Å². The summed E-state index contributed by atoms with van der Waals surface area (Å²) in [6.07, 6.45) is 1.11. The normalized spacial score (nSPS) is 12.0. The Bertz CT molecular complexity index is 826. The molecule has 2 N–H and O–H groups in total. The number of aryl methyl sites for hydroxylation is 1. The van der Waals surface area contributed by atoms with E-state index in [-0.39, 0.29) is 11.9 Å². The van der Waals surface area contributed by atoms with E-state index in [4.69, 9.17) is 9.47 Å². The Kier molecular flexibility index (Phi) is 7.65. The fourth-order valence-electron chi connectivity index (χ4n) is 2.71. The van der Waals surface area contributed by atoms with Crippen molar-refractivity contribution in [1.82, 2.24) is 5.32 Å². The fourth-order valence-corrected chi connectivity index (χ4v) is 2.71. The molecule has 0 aliphatic carbocycles. The quantitative estimate of drug-likeness (QED) is 0.703. The summed E-state index contributed by atoms with van der Waals surface area (Å²) < 4.78 is 10.4. The van der Waals surface area contributed by atoms with Crippen molar-refractivity contribution in [3.8, 4) is 5.75 Å². The molecule has 0 aliphatic heterocycles. The Morgan fingerprint density at radius 3 is 2.38 bits per heavy atom. The molecule has 2 aromatic carbocycles. The maximum absolute atomic E-state index is 12.5. The minimum atomic E-state index is -0.585. The summed E-state index contributed by atoms with van der Waals surface area (Å²) in [6.45, 7) is 7.36. The molecule has 6 heteroatoms. The zero-order valence-corrected chi connectivity index (χ0v) is 17.7. The fraction of sp³-hybridized carbons (Fsp3) is 0.391. The summed E-state index contributed by atoms with van der Waals surface area (Å²) in [7, 11) is 1.64. The number of ether oxygens (including phenoxy) is 2. The molecule has 1 atom stereocenters. The van der Waals surface area contributed by atoms with E-state index in [2.05, 4.69) is 10.6 Å². The number of methoxy groups -OCH3 is 1. The standard InChI is InChI=1S/C23H30N2O4/c1-16(9-10-17-11-13-20(28-5)14-12-17)24-21(26)18-7-6-8-19(15-18)25-22(27)29-23(2,3)4/h6-8,11-16H,9-10H2,1-5H3,(H,24,26)(H,25,27). The number of hydrogen-bond donors (Lipinski definition) is 2. The maximum atomic E-state index is 12.5. The molecule has 1 unspecified atom stereocenters. The molecule has 0 spiro atoms. The molecule has 0 aliphatic rings. The van der Waals surface area contributed by atoms with Crippen LogP contribution in [0.2, 0.25) is 0 Å². The Labute approximate surface area is 172 Å². The van der Waals surface area contributed by atoms with Crippen LogP contribution in [0.25, 0.3) is 0 Å². The molecule has 0 bridgehead atoms. The van der Waals surface area contributed by atoms with Crippen LogP contribution in [0.1, 0.15) is 50.0 Å². The van der Waals surface area contributed by atoms with Crippen LogP contribution in [0.4, 0.5) is 10.5 Å². The Balaban J connectivity index is 1.88. The van der Waals surface area contributed by atoms with Crippen LogP contribution in [0.5, 0.6) is 5.75 Å². The third-order valence-corrected chi connectivity index (χ3v) is 4.17. The third kappa shape index (κ3) is 7.86. The first-order chi connectivity index (χ1) is 13.7. The molecule has 0 saturated heterocycles. The molecule has 0 fully saturated rings. The number of amides is 2. The zero-order valence-electron chi connectivity index (χ0n) is 17.7. The smallest absolute Gasteiger partial charge is 0.412 e. The number of carbonyl (C=O) groups is 2. The summed E-state index contributed by atoms with van der Waals surface area (Å²) in [6, 6.07) is 14.7. The van der Waals surface area contributed by atoms with E-state index in [1.807, 2.05) is 31.2 Å². The molecule has 2 amide bonds. The lowest BCUT2D eigenvalue weighted by Gasteiger charge is -2.20. The average Bonchev–Trinajstić information content (AvgIpc) is 2.65. The molecule has 29 heavy (non-hydrogen) atoms. The number of carbonyl (C=O) groups excluding carboxylic acids is 2. The van der Waals surface area contributed by atoms with Gasteiger partial charge in [-0.15, -0.1) is 0 Å². The van der Waals surface area contributed by atoms with E-state index in [1.165, 1.54) is 5.56 Å². The second-order valence-corrected chi connectivity index (χ2v) is 7.97. The minimum absolute atomic E-state index is 0.00655. The molecule has 156 valence electrons. The van der Waals surface area contributed by atoms with Crippen LogP contribution in [-0.2, 0) is 11.2 Å². The van der Waals surface area contributed by atoms with Gasteiger partial charge in [-0.25, -0.2) is 4.79 Å². The highest BCUT2D eigenvalue weighted by atomic mass is 16.6. The predicted octanol–water partition coefficient (Wildman–Crippen LogP) is 4.79. The molecule has 2 aromatic rings. The molecule has 0 radical (unpaired) electrons. The Morgan fingerprint density at radius 2 is 1.76 bits per heavy atom. The van der Waals surface area contributed by atoms with Crippen molar-refractivity contribution in [3.05, 3.63) is 59.7 Å². The van der Waals surface area contributed by atoms with Crippen molar-refractivity contribution in [1.29, 1.82) is 0 Å². The van der Waals surface area contributed by atoms with Gasteiger partial charge in [0.1, 0.15) is 11.4 Å². The van der Waals surface area contributed by atoms with Gasteiger partial charge in [0.15, 0.2) is 0 Å². The topological polar surface area (TPSA) is 76.7 Å². The van der Waals surface area contributed by atoms with Crippen molar-refractivity contribution in [2.24, 2.45) is 0 Å². The first-order valence-corrected chi connectivity index (χ1v) is 9.70. The third-order valence-electron chi connectivity index (χ3n) is 4.17. The van der Waals surface area contributed by atoms with Crippen molar-refractivity contribution >= 4 is 17.7 Å². The molecular formula is C23H30N2O4. The van der Waals surface area contributed by atoms with Crippen LogP contribution in [0.3, 0.4) is 0 Å². The lowest BCUT2D eigenvalue weighted by Crippen LogP contribution is -2.33. The summed E-state index contributed by atoms with van der Waals surface area (Å²) in [5.74, 6) is 0.648. The molecule has 0 saturated carbocycles. The monoisotopic (exact) mass is 398 g/mol. The van der Waals surface area contributed by atoms with E-state index in [1.54, 1.807) is 52.1 Å². The predicted molar refractivity (Wildman–Crippen MR) is 115 cm³/mol. The number of anilines is 1. The first-order valence-electron chi connectivity index (χ1n) is 9.70. The van der Waals surface area contributed by atoms with Crippen molar-refractivity contribution < 1.29 is 19.1 Å². The second-order valence-electron chi connectivity index (χ2n) is 7.97. The van der Waals surface area contributed by atoms with Crippen LogP contribution >= 0.6 is 0 Å². The molecule has 0 aromatic heterocycles. The minimum Gasteiger partial charge on any atom is -0.497 e. The molecular weight excluding hydrogens is 368 g/mol. The van der Waals surface area contributed by atoms with Crippen LogP contribution in [-0.4, -0.2) is 30.8 Å². The Hall–Kier alpha value is -3.02. The van der Waals surface area contributed by atoms with Gasteiger partial charge in [0.05, 0.1) is 7.11 Å². The number of nitrogens with one attached hydrogen (secondary N) is 2. The van der Waals surface area contributed by atoms with Gasteiger partial charge >= 0.3 is 6.09 Å². The highest BCUT2D eigenvalue weighted by Crippen LogP contribution is 2.15. The van der Waals surface area contributed by atoms with E-state index in [0.29, 0.717) is 11.3 Å².